The number of hydrogen-bond donors (Lipinski definition) is 3. The van der Waals surface area contributed by atoms with Crippen LogP contribution < -0.4 is 16.0 Å². The van der Waals surface area contributed by atoms with Gasteiger partial charge in [-0.05, 0) is 56.1 Å². The van der Waals surface area contributed by atoms with Crippen LogP contribution in [0.2, 0.25) is 0 Å². The molecule has 3 fully saturated rings. The first-order valence-corrected chi connectivity index (χ1v) is 11.9. The lowest BCUT2D eigenvalue weighted by molar-refractivity contribution is -0.141. The molecule has 2 saturated carbocycles. The second-order valence-corrected chi connectivity index (χ2v) is 9.85. The van der Waals surface area contributed by atoms with Gasteiger partial charge in [0.15, 0.2) is 0 Å². The summed E-state index contributed by atoms with van der Waals surface area (Å²) in [5, 5.41) is 13.5. The predicted molar refractivity (Wildman–Crippen MR) is 118 cm³/mol. The average Bonchev–Trinajstić information content (AvgIpc) is 3.52. The predicted octanol–water partition coefficient (Wildman–Crippen LogP) is 2.17. The Kier molecular flexibility index (Phi) is 5.75. The van der Waals surface area contributed by atoms with Gasteiger partial charge in [-0.25, -0.2) is 0 Å². The first-order chi connectivity index (χ1) is 15.0. The van der Waals surface area contributed by atoms with Crippen LogP contribution in [0.1, 0.15) is 75.1 Å². The summed E-state index contributed by atoms with van der Waals surface area (Å²) in [4.78, 5) is 28.5. The van der Waals surface area contributed by atoms with Crippen molar-refractivity contribution in [2.45, 2.75) is 88.7 Å². The normalized spacial score (nSPS) is 31.4. The summed E-state index contributed by atoms with van der Waals surface area (Å²) in [5.74, 6) is 0.335. The van der Waals surface area contributed by atoms with Crippen LogP contribution >= 0.6 is 0 Å². The number of hydrogen-bond acceptors (Lipinski definition) is 6. The molecule has 2 aliphatic carbocycles. The highest BCUT2D eigenvalue weighted by atomic mass is 16.3. The molecular weight excluding hydrogens is 392 g/mol. The minimum Gasteiger partial charge on any atom is -0.374 e. The van der Waals surface area contributed by atoms with Crippen LogP contribution in [0.25, 0.3) is 0 Å². The molecule has 4 N–H and O–H groups in total. The fourth-order valence-corrected chi connectivity index (χ4v) is 5.64. The van der Waals surface area contributed by atoms with Crippen LogP contribution in [0.3, 0.4) is 0 Å². The van der Waals surface area contributed by atoms with Crippen molar-refractivity contribution in [2.75, 3.05) is 11.4 Å². The smallest absolute Gasteiger partial charge is 0.244 e. The summed E-state index contributed by atoms with van der Waals surface area (Å²) in [6, 6.07) is 6.51. The van der Waals surface area contributed by atoms with Crippen molar-refractivity contribution in [2.24, 2.45) is 11.7 Å². The third kappa shape index (κ3) is 4.23. The maximum Gasteiger partial charge on any atom is 0.244 e. The highest BCUT2D eigenvalue weighted by Gasteiger charge is 2.41. The van der Waals surface area contributed by atoms with E-state index in [9.17, 15) is 14.7 Å². The van der Waals surface area contributed by atoms with Crippen molar-refractivity contribution in [1.82, 2.24) is 10.2 Å². The quantitative estimate of drug-likeness (QED) is 0.603. The van der Waals surface area contributed by atoms with Crippen LogP contribution in [0, 0.1) is 5.92 Å². The van der Waals surface area contributed by atoms with E-state index in [1.807, 2.05) is 17.0 Å². The number of nitrogens with zero attached hydrogens (tertiary/aromatic N) is 2. The molecule has 1 aromatic rings. The maximum absolute atomic E-state index is 12.5. The van der Waals surface area contributed by atoms with Gasteiger partial charge in [0.2, 0.25) is 11.8 Å². The van der Waals surface area contributed by atoms with Crippen molar-refractivity contribution < 1.29 is 14.7 Å². The number of carbonyl (C=O) groups excluding carboxylic acids is 2. The number of imide groups is 1. The largest absolute Gasteiger partial charge is 0.374 e. The highest BCUT2D eigenvalue weighted by Crippen LogP contribution is 2.42. The van der Waals surface area contributed by atoms with E-state index in [4.69, 9.17) is 5.73 Å². The molecule has 7 heteroatoms. The third-order valence-electron chi connectivity index (χ3n) is 7.70. The molecule has 1 aromatic carbocycles. The van der Waals surface area contributed by atoms with Crippen LogP contribution in [0.5, 0.6) is 0 Å². The Morgan fingerprint density at radius 1 is 1.10 bits per heavy atom. The molecule has 1 saturated heterocycles. The maximum atomic E-state index is 12.5. The molecule has 0 spiro atoms. The molecule has 4 aliphatic rings. The molecule has 31 heavy (non-hydrogen) atoms. The zero-order valence-electron chi connectivity index (χ0n) is 18.1. The number of anilines is 1. The molecule has 168 valence electrons. The third-order valence-corrected chi connectivity index (χ3v) is 7.70. The van der Waals surface area contributed by atoms with Gasteiger partial charge in [0.05, 0.1) is 6.04 Å². The van der Waals surface area contributed by atoms with Gasteiger partial charge in [0.1, 0.15) is 6.23 Å². The van der Waals surface area contributed by atoms with Gasteiger partial charge in [-0.2, -0.15) is 0 Å². The van der Waals surface area contributed by atoms with E-state index in [0.29, 0.717) is 31.5 Å². The highest BCUT2D eigenvalue weighted by molar-refractivity contribution is 6.00. The lowest BCUT2D eigenvalue weighted by Crippen LogP contribution is -2.51. The number of benzene rings is 1. The van der Waals surface area contributed by atoms with Gasteiger partial charge >= 0.3 is 0 Å². The van der Waals surface area contributed by atoms with E-state index in [1.54, 1.807) is 0 Å². The second kappa shape index (κ2) is 8.52. The summed E-state index contributed by atoms with van der Waals surface area (Å²) in [5.41, 5.74) is 9.41. The minimum atomic E-state index is -0.816. The van der Waals surface area contributed by atoms with Crippen molar-refractivity contribution >= 4 is 17.5 Å². The summed E-state index contributed by atoms with van der Waals surface area (Å²) in [7, 11) is 0. The Morgan fingerprint density at radius 3 is 2.58 bits per heavy atom. The Bertz CT molecular complexity index is 847. The van der Waals surface area contributed by atoms with E-state index in [1.165, 1.54) is 24.9 Å². The Labute approximate surface area is 184 Å². The summed E-state index contributed by atoms with van der Waals surface area (Å²) in [6.07, 6.45) is 8.20. The lowest BCUT2D eigenvalue weighted by Gasteiger charge is -2.39. The van der Waals surface area contributed by atoms with Gasteiger partial charge in [-0.3, -0.25) is 19.8 Å². The number of nitrogens with one attached hydrogen (secondary N) is 1. The summed E-state index contributed by atoms with van der Waals surface area (Å²) in [6.45, 7) is 1.57. The minimum absolute atomic E-state index is 0.227. The zero-order chi connectivity index (χ0) is 21.5. The number of nitrogens with two attached hydrogens (primary N) is 1. The zero-order valence-corrected chi connectivity index (χ0v) is 18.1. The summed E-state index contributed by atoms with van der Waals surface area (Å²) >= 11 is 0. The van der Waals surface area contributed by atoms with E-state index >= 15 is 0 Å². The molecule has 2 amide bonds. The molecular formula is C24H34N4O3. The van der Waals surface area contributed by atoms with Crippen molar-refractivity contribution in [3.05, 3.63) is 29.3 Å². The van der Waals surface area contributed by atoms with E-state index < -0.39 is 12.3 Å². The number of piperidine rings is 1. The fourth-order valence-electron chi connectivity index (χ4n) is 5.64. The lowest BCUT2D eigenvalue weighted by atomic mass is 9.89. The number of carbonyl (C=O) groups is 2. The van der Waals surface area contributed by atoms with Gasteiger partial charge in [-0.1, -0.05) is 25.0 Å². The van der Waals surface area contributed by atoms with E-state index in [2.05, 4.69) is 16.3 Å². The SMILES string of the molecule is NC1CCC(N(CCC2CC2)c2cccc3c2CN(C2CCC(=O)NC2=O)C3O)CC1. The van der Waals surface area contributed by atoms with Crippen molar-refractivity contribution in [1.29, 1.82) is 0 Å². The number of fused-ring (bicyclic) bond motifs is 1. The van der Waals surface area contributed by atoms with Crippen molar-refractivity contribution in [3.8, 4) is 0 Å². The average molecular weight is 427 g/mol. The Balaban J connectivity index is 1.41. The number of amides is 2. The Hall–Kier alpha value is -1.96. The van der Waals surface area contributed by atoms with Crippen LogP contribution in [0.15, 0.2) is 18.2 Å². The van der Waals surface area contributed by atoms with Gasteiger partial charge in [0, 0.05) is 42.8 Å². The molecule has 7 nitrogen and oxygen atoms in total. The standard InChI is InChI=1S/C24H34N4O3/c25-16-6-8-17(9-7-16)27(13-12-15-4-5-15)20-3-1-2-18-19(20)14-28(24(18)31)21-10-11-22(29)26-23(21)30/h1-3,15-17,21,24,31H,4-14,25H2,(H,26,29,30). The Morgan fingerprint density at radius 2 is 1.87 bits per heavy atom. The van der Waals surface area contributed by atoms with Crippen molar-refractivity contribution in [3.63, 3.8) is 0 Å². The van der Waals surface area contributed by atoms with Crippen LogP contribution in [0.4, 0.5) is 5.69 Å². The molecule has 0 radical (unpaired) electrons. The first-order valence-electron chi connectivity index (χ1n) is 11.9. The molecule has 2 heterocycles. The van der Waals surface area contributed by atoms with Gasteiger partial charge in [0.25, 0.3) is 0 Å². The molecule has 5 rings (SSSR count). The van der Waals surface area contributed by atoms with E-state index in [0.717, 1.165) is 49.3 Å². The number of aliphatic hydroxyl groups is 1. The molecule has 2 unspecified atom stereocenters. The van der Waals surface area contributed by atoms with E-state index in [-0.39, 0.29) is 11.8 Å². The number of aliphatic hydroxyl groups excluding tert-OH is 1. The molecule has 0 bridgehead atoms. The second-order valence-electron chi connectivity index (χ2n) is 9.85. The monoisotopic (exact) mass is 426 g/mol. The van der Waals surface area contributed by atoms with Crippen LogP contribution in [-0.4, -0.2) is 46.5 Å². The van der Waals surface area contributed by atoms with Gasteiger partial charge in [-0.15, -0.1) is 0 Å². The topological polar surface area (TPSA) is 98.9 Å². The summed E-state index contributed by atoms with van der Waals surface area (Å²) < 4.78 is 0. The molecule has 2 atom stereocenters. The first kappa shape index (κ1) is 20.9. The van der Waals surface area contributed by atoms with Gasteiger partial charge < -0.3 is 15.7 Å². The fraction of sp³-hybridized carbons (Fsp3) is 0.667. The van der Waals surface area contributed by atoms with Crippen LogP contribution in [-0.2, 0) is 16.1 Å². The molecule has 0 aromatic heterocycles. The molecule has 2 aliphatic heterocycles. The number of rotatable bonds is 6.